The Morgan fingerprint density at radius 3 is 2.81 bits per heavy atom. The second-order valence-corrected chi connectivity index (χ2v) is 4.72. The number of urea groups is 1. The van der Waals surface area contributed by atoms with E-state index in [4.69, 9.17) is 4.74 Å². The molecule has 1 aliphatic heterocycles. The fourth-order valence-corrected chi connectivity index (χ4v) is 2.24. The molecule has 1 heterocycles. The van der Waals surface area contributed by atoms with Crippen molar-refractivity contribution in [3.8, 4) is 0 Å². The molecule has 1 atom stereocenters. The van der Waals surface area contributed by atoms with Gasteiger partial charge >= 0.3 is 12.0 Å². The van der Waals surface area contributed by atoms with Crippen LogP contribution in [0.3, 0.4) is 0 Å². The summed E-state index contributed by atoms with van der Waals surface area (Å²) in [5.74, 6) is -0.947. The number of hydrogen-bond acceptors (Lipinski definition) is 3. The van der Waals surface area contributed by atoms with Crippen molar-refractivity contribution in [2.75, 3.05) is 13.7 Å². The van der Waals surface area contributed by atoms with Crippen LogP contribution in [0, 0.1) is 5.82 Å². The second kappa shape index (κ2) is 5.95. The first-order valence-electron chi connectivity index (χ1n) is 6.63. The highest BCUT2D eigenvalue weighted by Gasteiger charge is 2.34. The number of esters is 1. The quantitative estimate of drug-likeness (QED) is 0.870. The minimum atomic E-state index is -0.719. The van der Waals surface area contributed by atoms with Crippen LogP contribution >= 0.6 is 0 Å². The van der Waals surface area contributed by atoms with Crippen LogP contribution in [0.1, 0.15) is 25.5 Å². The Hall–Kier alpha value is -2.37. The molecule has 1 N–H and O–H groups in total. The first-order valence-corrected chi connectivity index (χ1v) is 6.63. The molecule has 21 heavy (non-hydrogen) atoms. The van der Waals surface area contributed by atoms with Gasteiger partial charge in [-0.15, -0.1) is 0 Å². The summed E-state index contributed by atoms with van der Waals surface area (Å²) < 4.78 is 18.5. The van der Waals surface area contributed by atoms with Crippen LogP contribution in [-0.2, 0) is 9.53 Å². The van der Waals surface area contributed by atoms with Gasteiger partial charge in [0.05, 0.1) is 18.2 Å². The highest BCUT2D eigenvalue weighted by molar-refractivity contribution is 5.94. The minimum Gasteiger partial charge on any atom is -0.463 e. The molecule has 6 heteroatoms. The van der Waals surface area contributed by atoms with E-state index in [1.165, 1.54) is 23.1 Å². The molecule has 0 saturated carbocycles. The maximum Gasteiger partial charge on any atom is 0.338 e. The number of rotatable bonds is 3. The Balaban J connectivity index is 2.51. The van der Waals surface area contributed by atoms with Gasteiger partial charge in [0.1, 0.15) is 5.82 Å². The number of nitrogens with one attached hydrogen (secondary N) is 1. The maximum absolute atomic E-state index is 13.4. The van der Waals surface area contributed by atoms with Gasteiger partial charge in [0.2, 0.25) is 0 Å². The largest absolute Gasteiger partial charge is 0.463 e. The van der Waals surface area contributed by atoms with Gasteiger partial charge in [-0.2, -0.15) is 0 Å². The highest BCUT2D eigenvalue weighted by atomic mass is 19.1. The Labute approximate surface area is 122 Å². The summed E-state index contributed by atoms with van der Waals surface area (Å²) in [6.45, 7) is 3.59. The molecule has 0 fully saturated rings. The smallest absolute Gasteiger partial charge is 0.338 e. The number of ether oxygens (including phenoxy) is 1. The molecule has 1 aromatic carbocycles. The molecule has 0 spiro atoms. The molecule has 1 aliphatic rings. The van der Waals surface area contributed by atoms with Crippen LogP contribution in [0.2, 0.25) is 0 Å². The Morgan fingerprint density at radius 2 is 2.19 bits per heavy atom. The standard InChI is InChI=1S/C15H17FN2O3/c1-4-21-14(19)12-9(2)18(3)15(20)17-13(12)10-6-5-7-11(16)8-10/h5-8,13H,4H2,1-3H3,(H,17,20)/t13-/m1/s1. The third-order valence-electron chi connectivity index (χ3n) is 3.43. The lowest BCUT2D eigenvalue weighted by Crippen LogP contribution is -2.46. The van der Waals surface area contributed by atoms with Crippen LogP contribution < -0.4 is 5.32 Å². The monoisotopic (exact) mass is 292 g/mol. The van der Waals surface area contributed by atoms with Gasteiger partial charge in [-0.1, -0.05) is 12.1 Å². The van der Waals surface area contributed by atoms with E-state index >= 15 is 0 Å². The molecule has 2 rings (SSSR count). The van der Waals surface area contributed by atoms with E-state index < -0.39 is 17.8 Å². The number of nitrogens with zero attached hydrogens (tertiary/aromatic N) is 1. The van der Waals surface area contributed by atoms with Gasteiger partial charge in [-0.25, -0.2) is 14.0 Å². The van der Waals surface area contributed by atoms with Crippen LogP contribution in [0.25, 0.3) is 0 Å². The minimum absolute atomic E-state index is 0.225. The highest BCUT2D eigenvalue weighted by Crippen LogP contribution is 2.30. The van der Waals surface area contributed by atoms with Crippen LogP contribution in [0.4, 0.5) is 9.18 Å². The summed E-state index contributed by atoms with van der Waals surface area (Å²) in [5.41, 5.74) is 1.30. The molecule has 5 nitrogen and oxygen atoms in total. The lowest BCUT2D eigenvalue weighted by atomic mass is 9.95. The van der Waals surface area contributed by atoms with Crippen molar-refractivity contribution in [1.82, 2.24) is 10.2 Å². The predicted molar refractivity (Wildman–Crippen MR) is 74.8 cm³/mol. The van der Waals surface area contributed by atoms with Crippen molar-refractivity contribution < 1.29 is 18.7 Å². The fourth-order valence-electron chi connectivity index (χ4n) is 2.24. The third kappa shape index (κ3) is 2.89. The SMILES string of the molecule is CCOC(=O)C1=C(C)N(C)C(=O)N[C@@H]1c1cccc(F)c1. The van der Waals surface area contributed by atoms with Crippen LogP contribution in [0.15, 0.2) is 35.5 Å². The molecule has 0 saturated heterocycles. The van der Waals surface area contributed by atoms with E-state index in [1.807, 2.05) is 0 Å². The van der Waals surface area contributed by atoms with E-state index in [1.54, 1.807) is 27.0 Å². The summed E-state index contributed by atoms with van der Waals surface area (Å²) >= 11 is 0. The van der Waals surface area contributed by atoms with Gasteiger partial charge in [0.25, 0.3) is 0 Å². The lowest BCUT2D eigenvalue weighted by molar-refractivity contribution is -0.139. The van der Waals surface area contributed by atoms with Crippen LogP contribution in [-0.4, -0.2) is 30.6 Å². The van der Waals surface area contributed by atoms with Gasteiger partial charge in [-0.3, -0.25) is 0 Å². The van der Waals surface area contributed by atoms with Crippen molar-refractivity contribution in [2.24, 2.45) is 0 Å². The lowest BCUT2D eigenvalue weighted by Gasteiger charge is -2.33. The molecule has 0 aliphatic carbocycles. The Kier molecular flexibility index (Phi) is 4.26. The van der Waals surface area contributed by atoms with Crippen molar-refractivity contribution in [3.05, 3.63) is 46.9 Å². The van der Waals surface area contributed by atoms with Crippen molar-refractivity contribution in [3.63, 3.8) is 0 Å². The van der Waals surface area contributed by atoms with Gasteiger partial charge in [-0.05, 0) is 31.5 Å². The molecule has 1 aromatic rings. The van der Waals surface area contributed by atoms with Crippen LogP contribution in [0.5, 0.6) is 0 Å². The van der Waals surface area contributed by atoms with E-state index in [9.17, 15) is 14.0 Å². The number of halogens is 1. The van der Waals surface area contributed by atoms with E-state index in [0.29, 0.717) is 16.8 Å². The molecule has 0 unspecified atom stereocenters. The maximum atomic E-state index is 13.4. The van der Waals surface area contributed by atoms with Crippen molar-refractivity contribution in [2.45, 2.75) is 19.9 Å². The van der Waals surface area contributed by atoms with Gasteiger partial charge in [0.15, 0.2) is 0 Å². The second-order valence-electron chi connectivity index (χ2n) is 4.72. The number of amides is 2. The van der Waals surface area contributed by atoms with E-state index in [0.717, 1.165) is 0 Å². The summed E-state index contributed by atoms with van der Waals surface area (Å²) in [6, 6.07) is 4.72. The molecule has 112 valence electrons. The zero-order chi connectivity index (χ0) is 15.6. The first-order chi connectivity index (χ1) is 9.95. The summed E-state index contributed by atoms with van der Waals surface area (Å²) in [5, 5.41) is 2.69. The predicted octanol–water partition coefficient (Wildman–Crippen LogP) is 2.36. The fraction of sp³-hybridized carbons (Fsp3) is 0.333. The topological polar surface area (TPSA) is 58.6 Å². The Morgan fingerprint density at radius 1 is 1.48 bits per heavy atom. The number of hydrogen-bond donors (Lipinski definition) is 1. The average Bonchev–Trinajstić information content (AvgIpc) is 2.44. The van der Waals surface area contributed by atoms with Crippen molar-refractivity contribution >= 4 is 12.0 Å². The average molecular weight is 292 g/mol. The zero-order valence-corrected chi connectivity index (χ0v) is 12.1. The number of benzene rings is 1. The molecule has 2 amide bonds. The molecule has 0 bridgehead atoms. The Bertz CT molecular complexity index is 613. The van der Waals surface area contributed by atoms with Gasteiger partial charge in [0, 0.05) is 12.7 Å². The zero-order valence-electron chi connectivity index (χ0n) is 12.1. The number of carbonyl (C=O) groups is 2. The van der Waals surface area contributed by atoms with E-state index in [2.05, 4.69) is 5.32 Å². The summed E-state index contributed by atoms with van der Waals surface area (Å²) in [4.78, 5) is 25.4. The number of allylic oxidation sites excluding steroid dienone is 1. The van der Waals surface area contributed by atoms with Crippen molar-refractivity contribution in [1.29, 1.82) is 0 Å². The number of carbonyl (C=O) groups excluding carboxylic acids is 2. The first kappa shape index (κ1) is 15.0. The summed E-state index contributed by atoms with van der Waals surface area (Å²) in [6.07, 6.45) is 0. The van der Waals surface area contributed by atoms with E-state index in [-0.39, 0.29) is 12.6 Å². The molecule has 0 radical (unpaired) electrons. The molecule has 0 aromatic heterocycles. The molecular formula is C15H17FN2O3. The summed E-state index contributed by atoms with van der Waals surface area (Å²) in [7, 11) is 1.56. The third-order valence-corrected chi connectivity index (χ3v) is 3.43. The van der Waals surface area contributed by atoms with Gasteiger partial charge < -0.3 is 15.0 Å². The normalized spacial score (nSPS) is 18.6. The molecular weight excluding hydrogens is 275 g/mol.